The van der Waals surface area contributed by atoms with E-state index in [1.54, 1.807) is 12.1 Å². The molecule has 0 saturated heterocycles. The number of halogens is 1. The molecule has 0 bridgehead atoms. The molecule has 92 valence electrons. The number of nitro groups is 1. The van der Waals surface area contributed by atoms with E-state index in [9.17, 15) is 10.1 Å². The van der Waals surface area contributed by atoms with E-state index >= 15 is 0 Å². The molecule has 1 N–H and O–H groups in total. The number of hydrogen-bond donors (Lipinski definition) is 1. The fraction of sp³-hybridized carbons (Fsp3) is 0.500. The van der Waals surface area contributed by atoms with Crippen LogP contribution in [0.2, 0.25) is 5.02 Å². The molecular weight excluding hydrogens is 240 g/mol. The Bertz CT molecular complexity index is 444. The molecule has 5 heteroatoms. The predicted molar refractivity (Wildman–Crippen MR) is 67.2 cm³/mol. The first kappa shape index (κ1) is 12.3. The maximum atomic E-state index is 10.9. The molecule has 0 spiro atoms. The van der Waals surface area contributed by atoms with Gasteiger partial charge in [0.15, 0.2) is 0 Å². The molecule has 0 atom stereocenters. The highest BCUT2D eigenvalue weighted by Gasteiger charge is 2.31. The van der Waals surface area contributed by atoms with Crippen LogP contribution < -0.4 is 5.32 Å². The van der Waals surface area contributed by atoms with E-state index in [2.05, 4.69) is 12.2 Å². The molecule has 0 aliphatic heterocycles. The van der Waals surface area contributed by atoms with Crippen LogP contribution in [0.3, 0.4) is 0 Å². The lowest BCUT2D eigenvalue weighted by Gasteiger charge is -2.39. The normalized spacial score (nSPS) is 17.5. The second-order valence-corrected chi connectivity index (χ2v) is 5.17. The van der Waals surface area contributed by atoms with Crippen molar-refractivity contribution in [1.29, 1.82) is 0 Å². The largest absolute Gasteiger partial charge is 0.307 e. The molecule has 17 heavy (non-hydrogen) atoms. The summed E-state index contributed by atoms with van der Waals surface area (Å²) in [6, 6.07) is 4.79. The van der Waals surface area contributed by atoms with Crippen molar-refractivity contribution in [3.05, 3.63) is 38.9 Å². The topological polar surface area (TPSA) is 55.2 Å². The quantitative estimate of drug-likeness (QED) is 0.663. The van der Waals surface area contributed by atoms with Gasteiger partial charge in [0.25, 0.3) is 5.69 Å². The number of rotatable bonds is 4. The number of nitrogens with one attached hydrogen (secondary N) is 1. The van der Waals surface area contributed by atoms with Crippen LogP contribution in [0.5, 0.6) is 0 Å². The molecule has 0 unspecified atom stereocenters. The van der Waals surface area contributed by atoms with Crippen LogP contribution in [0.25, 0.3) is 0 Å². The van der Waals surface area contributed by atoms with E-state index in [1.165, 1.54) is 12.5 Å². The summed E-state index contributed by atoms with van der Waals surface area (Å²) in [5.74, 6) is 0. The second kappa shape index (κ2) is 4.63. The Morgan fingerprint density at radius 3 is 2.76 bits per heavy atom. The molecule has 0 aromatic heterocycles. The zero-order valence-corrected chi connectivity index (χ0v) is 10.5. The van der Waals surface area contributed by atoms with E-state index in [1.807, 2.05) is 0 Å². The van der Waals surface area contributed by atoms with Crippen LogP contribution in [0.4, 0.5) is 5.69 Å². The van der Waals surface area contributed by atoms with Crippen LogP contribution in [-0.4, -0.2) is 10.5 Å². The summed E-state index contributed by atoms with van der Waals surface area (Å²) in [5.41, 5.74) is 0.785. The first-order chi connectivity index (χ1) is 8.02. The molecule has 1 aliphatic carbocycles. The number of hydrogen-bond acceptors (Lipinski definition) is 3. The van der Waals surface area contributed by atoms with Gasteiger partial charge in [-0.3, -0.25) is 10.1 Å². The Balaban J connectivity index is 2.16. The van der Waals surface area contributed by atoms with Crippen molar-refractivity contribution >= 4 is 17.3 Å². The van der Waals surface area contributed by atoms with Crippen molar-refractivity contribution in [2.45, 2.75) is 38.3 Å². The van der Waals surface area contributed by atoms with Gasteiger partial charge in [0, 0.05) is 18.2 Å². The standard InChI is InChI=1S/C12H15ClN2O2/c1-12(6-3-7-12)14-8-9-10(13)4-2-5-11(9)15(16)17/h2,4-5,14H,3,6-8H2,1H3. The van der Waals surface area contributed by atoms with E-state index in [4.69, 9.17) is 11.6 Å². The lowest BCUT2D eigenvalue weighted by molar-refractivity contribution is -0.385. The molecule has 1 aromatic carbocycles. The maximum absolute atomic E-state index is 10.9. The van der Waals surface area contributed by atoms with Gasteiger partial charge in [0.1, 0.15) is 0 Å². The maximum Gasteiger partial charge on any atom is 0.275 e. The molecule has 1 aliphatic rings. The van der Waals surface area contributed by atoms with Crippen molar-refractivity contribution in [3.8, 4) is 0 Å². The van der Waals surface area contributed by atoms with E-state index in [0.717, 1.165) is 12.8 Å². The van der Waals surface area contributed by atoms with Gasteiger partial charge in [-0.05, 0) is 32.3 Å². The molecule has 0 amide bonds. The predicted octanol–water partition coefficient (Wildman–Crippen LogP) is 3.28. The molecule has 4 nitrogen and oxygen atoms in total. The summed E-state index contributed by atoms with van der Waals surface area (Å²) in [4.78, 5) is 10.5. The summed E-state index contributed by atoms with van der Waals surface area (Å²) >= 11 is 6.02. The molecule has 1 aromatic rings. The molecule has 2 rings (SSSR count). The van der Waals surface area contributed by atoms with Crippen LogP contribution in [0.15, 0.2) is 18.2 Å². The molecule has 1 fully saturated rings. The Hall–Kier alpha value is -1.13. The highest BCUT2D eigenvalue weighted by molar-refractivity contribution is 6.31. The smallest absolute Gasteiger partial charge is 0.275 e. The van der Waals surface area contributed by atoms with E-state index in [0.29, 0.717) is 17.1 Å². The highest BCUT2D eigenvalue weighted by Crippen LogP contribution is 2.33. The van der Waals surface area contributed by atoms with Crippen LogP contribution in [-0.2, 0) is 6.54 Å². The monoisotopic (exact) mass is 254 g/mol. The zero-order chi connectivity index (χ0) is 12.5. The Labute approximate surface area is 105 Å². The van der Waals surface area contributed by atoms with Gasteiger partial charge in [-0.2, -0.15) is 0 Å². The van der Waals surface area contributed by atoms with Gasteiger partial charge in [0.05, 0.1) is 15.5 Å². The summed E-state index contributed by atoms with van der Waals surface area (Å²) < 4.78 is 0. The fourth-order valence-electron chi connectivity index (χ4n) is 2.08. The Morgan fingerprint density at radius 2 is 2.24 bits per heavy atom. The minimum Gasteiger partial charge on any atom is -0.307 e. The Morgan fingerprint density at radius 1 is 1.53 bits per heavy atom. The van der Waals surface area contributed by atoms with Gasteiger partial charge >= 0.3 is 0 Å². The fourth-order valence-corrected chi connectivity index (χ4v) is 2.32. The molecular formula is C12H15ClN2O2. The lowest BCUT2D eigenvalue weighted by Crippen LogP contribution is -2.47. The average molecular weight is 255 g/mol. The number of benzene rings is 1. The number of nitro benzene ring substituents is 1. The van der Waals surface area contributed by atoms with Gasteiger partial charge in [-0.25, -0.2) is 0 Å². The first-order valence-electron chi connectivity index (χ1n) is 5.69. The van der Waals surface area contributed by atoms with E-state index < -0.39 is 0 Å². The van der Waals surface area contributed by atoms with Crippen molar-refractivity contribution in [3.63, 3.8) is 0 Å². The van der Waals surface area contributed by atoms with Crippen molar-refractivity contribution in [2.75, 3.05) is 0 Å². The molecule has 0 heterocycles. The average Bonchev–Trinajstić information content (AvgIpc) is 2.24. The molecule has 0 radical (unpaired) electrons. The highest BCUT2D eigenvalue weighted by atomic mass is 35.5. The van der Waals surface area contributed by atoms with Crippen molar-refractivity contribution in [2.24, 2.45) is 0 Å². The zero-order valence-electron chi connectivity index (χ0n) is 9.70. The van der Waals surface area contributed by atoms with Gasteiger partial charge in [0.2, 0.25) is 0 Å². The van der Waals surface area contributed by atoms with Gasteiger partial charge < -0.3 is 5.32 Å². The third-order valence-electron chi connectivity index (χ3n) is 3.44. The van der Waals surface area contributed by atoms with Gasteiger partial charge in [-0.1, -0.05) is 17.7 Å². The first-order valence-corrected chi connectivity index (χ1v) is 6.06. The van der Waals surface area contributed by atoms with Crippen molar-refractivity contribution < 1.29 is 4.92 Å². The van der Waals surface area contributed by atoms with Crippen LogP contribution >= 0.6 is 11.6 Å². The summed E-state index contributed by atoms with van der Waals surface area (Å²) in [5, 5.41) is 14.7. The Kier molecular flexibility index (Phi) is 3.35. The minimum atomic E-state index is -0.383. The minimum absolute atomic E-state index is 0.0907. The summed E-state index contributed by atoms with van der Waals surface area (Å²) in [6.45, 7) is 2.59. The summed E-state index contributed by atoms with van der Waals surface area (Å²) in [7, 11) is 0. The third-order valence-corrected chi connectivity index (χ3v) is 3.79. The SMILES string of the molecule is CC1(NCc2c(Cl)cccc2[N+](=O)[O-])CCC1. The van der Waals surface area contributed by atoms with E-state index in [-0.39, 0.29) is 16.1 Å². The lowest BCUT2D eigenvalue weighted by atomic mass is 9.78. The number of nitrogens with zero attached hydrogens (tertiary/aromatic N) is 1. The van der Waals surface area contributed by atoms with Crippen LogP contribution in [0.1, 0.15) is 31.7 Å². The van der Waals surface area contributed by atoms with Crippen molar-refractivity contribution in [1.82, 2.24) is 5.32 Å². The third kappa shape index (κ3) is 2.58. The second-order valence-electron chi connectivity index (χ2n) is 4.76. The van der Waals surface area contributed by atoms with Crippen LogP contribution in [0, 0.1) is 10.1 Å². The molecule has 1 saturated carbocycles. The van der Waals surface area contributed by atoms with Gasteiger partial charge in [-0.15, -0.1) is 0 Å². The summed E-state index contributed by atoms with van der Waals surface area (Å²) in [6.07, 6.45) is 3.45.